The van der Waals surface area contributed by atoms with E-state index in [1.54, 1.807) is 12.4 Å². The van der Waals surface area contributed by atoms with Crippen LogP contribution in [0.15, 0.2) is 40.6 Å². The lowest BCUT2D eigenvalue weighted by atomic mass is 10.0. The third-order valence-corrected chi connectivity index (χ3v) is 5.34. The molecule has 1 aromatic heterocycles. The summed E-state index contributed by atoms with van der Waals surface area (Å²) in [6.07, 6.45) is 5.98. The van der Waals surface area contributed by atoms with Gasteiger partial charge in [0, 0.05) is 22.9 Å². The topological polar surface area (TPSA) is 76.1 Å². The summed E-state index contributed by atoms with van der Waals surface area (Å²) in [5.41, 5.74) is 2.99. The van der Waals surface area contributed by atoms with Crippen LogP contribution < -0.4 is 4.72 Å². The van der Waals surface area contributed by atoms with Gasteiger partial charge in [0.05, 0.1) is 11.2 Å². The number of carbonyl (C=O) groups excluding carboxylic acids is 1. The normalized spacial score (nSPS) is 16.5. The van der Waals surface area contributed by atoms with Crippen molar-refractivity contribution in [3.8, 4) is 0 Å². The van der Waals surface area contributed by atoms with E-state index in [2.05, 4.69) is 9.71 Å². The highest BCUT2D eigenvalue weighted by Crippen LogP contribution is 2.42. The van der Waals surface area contributed by atoms with E-state index in [9.17, 15) is 13.2 Å². The van der Waals surface area contributed by atoms with Crippen molar-refractivity contribution in [2.24, 2.45) is 0 Å². The molecule has 0 saturated heterocycles. The van der Waals surface area contributed by atoms with Crippen LogP contribution in [-0.4, -0.2) is 25.6 Å². The third-order valence-electron chi connectivity index (χ3n) is 3.26. The summed E-state index contributed by atoms with van der Waals surface area (Å²) in [6, 6.07) is 3.78. The van der Waals surface area contributed by atoms with Gasteiger partial charge in [0.2, 0.25) is 10.0 Å². The molecular formula is C15H18N2O3S2. The van der Waals surface area contributed by atoms with Crippen molar-refractivity contribution in [2.45, 2.75) is 26.7 Å². The largest absolute Gasteiger partial charge is 0.271 e. The molecule has 22 heavy (non-hydrogen) atoms. The summed E-state index contributed by atoms with van der Waals surface area (Å²) in [6.45, 7) is 3.89. The summed E-state index contributed by atoms with van der Waals surface area (Å²) in [5.74, 6) is -0.568. The number of aromatic nitrogens is 1. The van der Waals surface area contributed by atoms with Gasteiger partial charge in [0.1, 0.15) is 0 Å². The van der Waals surface area contributed by atoms with Crippen LogP contribution in [0, 0.1) is 0 Å². The smallest absolute Gasteiger partial charge is 0.268 e. The first-order valence-corrected chi connectivity index (χ1v) is 9.48. The van der Waals surface area contributed by atoms with Crippen LogP contribution in [-0.2, 0) is 14.8 Å². The van der Waals surface area contributed by atoms with Crippen LogP contribution in [0.5, 0.6) is 0 Å². The van der Waals surface area contributed by atoms with E-state index in [0.29, 0.717) is 4.91 Å². The Hall–Kier alpha value is -1.60. The first-order chi connectivity index (χ1) is 10.3. The van der Waals surface area contributed by atoms with Crippen molar-refractivity contribution in [2.75, 3.05) is 6.26 Å². The molecule has 0 aromatic carbocycles. The number of hydrogen-bond donors (Lipinski definition) is 1. The van der Waals surface area contributed by atoms with Gasteiger partial charge in [-0.1, -0.05) is 29.0 Å². The maximum absolute atomic E-state index is 12.3. The van der Waals surface area contributed by atoms with Gasteiger partial charge in [0.15, 0.2) is 0 Å². The quantitative estimate of drug-likeness (QED) is 0.917. The molecule has 1 amide bonds. The molecule has 0 spiro atoms. The van der Waals surface area contributed by atoms with E-state index < -0.39 is 15.9 Å². The fourth-order valence-corrected chi connectivity index (χ4v) is 3.78. The number of hydrogen-bond acceptors (Lipinski definition) is 5. The Morgan fingerprint density at radius 1 is 1.27 bits per heavy atom. The van der Waals surface area contributed by atoms with E-state index in [1.165, 1.54) is 17.3 Å². The maximum atomic E-state index is 12.3. The van der Waals surface area contributed by atoms with Crippen LogP contribution in [0.1, 0.15) is 32.3 Å². The minimum absolute atomic E-state index is 0.445. The lowest BCUT2D eigenvalue weighted by Crippen LogP contribution is -2.30. The number of amides is 1. The van der Waals surface area contributed by atoms with Crippen LogP contribution in [0.25, 0.3) is 4.91 Å². The number of pyridine rings is 1. The molecule has 118 valence electrons. The number of carbonyl (C=O) groups is 1. The van der Waals surface area contributed by atoms with Crippen LogP contribution in [0.2, 0.25) is 0 Å². The summed E-state index contributed by atoms with van der Waals surface area (Å²) in [5, 5.41) is 0. The molecule has 5 nitrogen and oxygen atoms in total. The van der Waals surface area contributed by atoms with Crippen molar-refractivity contribution in [1.82, 2.24) is 9.71 Å². The highest BCUT2D eigenvalue weighted by Gasteiger charge is 2.23. The molecule has 2 rings (SSSR count). The first-order valence-electron chi connectivity index (χ1n) is 6.78. The number of sulfonamides is 1. The van der Waals surface area contributed by atoms with Crippen molar-refractivity contribution in [3.63, 3.8) is 0 Å². The zero-order valence-corrected chi connectivity index (χ0v) is 14.3. The van der Waals surface area contributed by atoms with Gasteiger partial charge in [0.25, 0.3) is 5.91 Å². The first kappa shape index (κ1) is 16.8. The van der Waals surface area contributed by atoms with Crippen LogP contribution >= 0.6 is 11.8 Å². The van der Waals surface area contributed by atoms with Crippen molar-refractivity contribution in [3.05, 3.63) is 46.1 Å². The molecule has 0 radical (unpaired) electrons. The summed E-state index contributed by atoms with van der Waals surface area (Å²) < 4.78 is 24.7. The van der Waals surface area contributed by atoms with Gasteiger partial charge >= 0.3 is 0 Å². The fraction of sp³-hybridized carbons (Fsp3) is 0.333. The molecule has 7 heteroatoms. The molecule has 1 aliphatic heterocycles. The highest BCUT2D eigenvalue weighted by molar-refractivity contribution is 8.12. The number of nitrogens with zero attached hydrogens (tertiary/aromatic N) is 1. The predicted molar refractivity (Wildman–Crippen MR) is 89.3 cm³/mol. The summed E-state index contributed by atoms with van der Waals surface area (Å²) in [4.78, 5) is 17.8. The molecule has 0 unspecified atom stereocenters. The predicted octanol–water partition coefficient (Wildman–Crippen LogP) is 2.69. The average Bonchev–Trinajstić information content (AvgIpc) is 2.58. The lowest BCUT2D eigenvalue weighted by Gasteiger charge is -2.12. The number of allylic oxidation sites excluding steroid dienone is 2. The molecule has 0 atom stereocenters. The molecule has 0 saturated carbocycles. The van der Waals surface area contributed by atoms with E-state index in [4.69, 9.17) is 0 Å². The highest BCUT2D eigenvalue weighted by atomic mass is 32.2. The van der Waals surface area contributed by atoms with E-state index in [0.717, 1.165) is 35.1 Å². The molecule has 1 N–H and O–H groups in total. The SMILES string of the molecule is CC1=C(C(=O)NS(C)(=O)=O)SC(c2cccnc2)=C(C)CC1. The number of rotatable bonds is 3. The zero-order chi connectivity index (χ0) is 16.3. The minimum atomic E-state index is -3.58. The lowest BCUT2D eigenvalue weighted by molar-refractivity contribution is -0.115. The second-order valence-electron chi connectivity index (χ2n) is 5.27. The average molecular weight is 338 g/mol. The van der Waals surface area contributed by atoms with Crippen molar-refractivity contribution >= 4 is 32.6 Å². The number of nitrogens with one attached hydrogen (secondary N) is 1. The van der Waals surface area contributed by atoms with Gasteiger partial charge in [-0.05, 0) is 32.8 Å². The number of thioether (sulfide) groups is 1. The molecule has 0 fully saturated rings. The third kappa shape index (κ3) is 4.20. The van der Waals surface area contributed by atoms with Crippen LogP contribution in [0.4, 0.5) is 0 Å². The molecule has 1 aromatic rings. The second-order valence-corrected chi connectivity index (χ2v) is 8.04. The van der Waals surface area contributed by atoms with Gasteiger partial charge in [-0.3, -0.25) is 9.78 Å². The van der Waals surface area contributed by atoms with E-state index in [1.807, 2.05) is 26.0 Å². The maximum Gasteiger partial charge on any atom is 0.271 e. The molecule has 1 aliphatic rings. The van der Waals surface area contributed by atoms with Gasteiger partial charge in [-0.25, -0.2) is 13.1 Å². The zero-order valence-electron chi connectivity index (χ0n) is 12.7. The van der Waals surface area contributed by atoms with Crippen molar-refractivity contribution < 1.29 is 13.2 Å². The monoisotopic (exact) mass is 338 g/mol. The minimum Gasteiger partial charge on any atom is -0.268 e. The van der Waals surface area contributed by atoms with Gasteiger partial charge < -0.3 is 0 Å². The Bertz CT molecular complexity index is 750. The van der Waals surface area contributed by atoms with Crippen molar-refractivity contribution in [1.29, 1.82) is 0 Å². The van der Waals surface area contributed by atoms with E-state index >= 15 is 0 Å². The van der Waals surface area contributed by atoms with Gasteiger partial charge in [-0.2, -0.15) is 0 Å². The van der Waals surface area contributed by atoms with E-state index in [-0.39, 0.29) is 0 Å². The summed E-state index contributed by atoms with van der Waals surface area (Å²) >= 11 is 1.31. The van der Waals surface area contributed by atoms with Gasteiger partial charge in [-0.15, -0.1) is 0 Å². The molecule has 0 bridgehead atoms. The molecular weight excluding hydrogens is 320 g/mol. The fourth-order valence-electron chi connectivity index (χ4n) is 2.14. The Kier molecular flexibility index (Phi) is 5.08. The molecule has 0 aliphatic carbocycles. The van der Waals surface area contributed by atoms with Crippen LogP contribution in [0.3, 0.4) is 0 Å². The Morgan fingerprint density at radius 2 is 1.95 bits per heavy atom. The molecule has 2 heterocycles. The Morgan fingerprint density at radius 3 is 2.55 bits per heavy atom. The Labute approximate surface area is 135 Å². The standard InChI is InChI=1S/C15H18N2O3S2/c1-10-6-7-11(2)14(15(18)17-22(3,19)20)21-13(10)12-5-4-8-16-9-12/h4-5,8-9H,6-7H2,1-3H3,(H,17,18). The second kappa shape index (κ2) is 6.66. The summed E-state index contributed by atoms with van der Waals surface area (Å²) in [7, 11) is -3.58. The Balaban J connectivity index is 2.38.